The summed E-state index contributed by atoms with van der Waals surface area (Å²) in [5, 5.41) is 0.978. The lowest BCUT2D eigenvalue weighted by molar-refractivity contribution is 0.605. The van der Waals surface area contributed by atoms with E-state index < -0.39 is 6.98 Å². The number of aromatic nitrogens is 1. The highest BCUT2D eigenvalue weighted by Gasteiger charge is 2.44. The zero-order valence-electron chi connectivity index (χ0n) is 18.0. The smallest absolute Gasteiger partial charge is 0.410 e. The van der Waals surface area contributed by atoms with Crippen LogP contribution in [0.1, 0.15) is 23.5 Å². The Bertz CT molecular complexity index is 1140. The maximum Gasteiger partial charge on any atom is 0.410 e. The van der Waals surface area contributed by atoms with Gasteiger partial charge in [-0.05, 0) is 45.2 Å². The van der Waals surface area contributed by atoms with E-state index in [1.807, 2.05) is 50.4 Å². The fraction of sp³-hybridized carbons (Fsp3) is 0.250. The van der Waals surface area contributed by atoms with Crippen molar-refractivity contribution in [2.24, 2.45) is 0 Å². The van der Waals surface area contributed by atoms with Gasteiger partial charge in [0, 0.05) is 28.2 Å². The second-order valence-electron chi connectivity index (χ2n) is 6.95. The summed E-state index contributed by atoms with van der Waals surface area (Å²) in [6.07, 6.45) is 3.50. The average Bonchev–Trinajstić information content (AvgIpc) is 3.17. The average molecular weight is 347 g/mol. The Balaban J connectivity index is 1.65. The van der Waals surface area contributed by atoms with Crippen molar-refractivity contribution in [3.63, 3.8) is 0 Å². The van der Waals surface area contributed by atoms with Gasteiger partial charge in [0.1, 0.15) is 0 Å². The Morgan fingerprint density at radius 1 is 1.19 bits per heavy atom. The fourth-order valence-corrected chi connectivity index (χ4v) is 4.21. The molecule has 2 aliphatic heterocycles. The number of anilines is 3. The van der Waals surface area contributed by atoms with Crippen LogP contribution in [0.3, 0.4) is 0 Å². The number of hydrogen-bond donors (Lipinski definition) is 0. The molecule has 130 valence electrons. The van der Waals surface area contributed by atoms with E-state index in [0.717, 1.165) is 33.7 Å². The largest absolute Gasteiger partial charge is 0.423 e. The highest BCUT2D eigenvalue weighted by atomic mass is 16.4. The van der Waals surface area contributed by atoms with Gasteiger partial charge in [-0.1, -0.05) is 23.7 Å². The van der Waals surface area contributed by atoms with Gasteiger partial charge in [-0.3, -0.25) is 0 Å². The fourth-order valence-electron chi connectivity index (χ4n) is 4.21. The second-order valence-corrected chi connectivity index (χ2v) is 6.95. The van der Waals surface area contributed by atoms with E-state index in [1.165, 1.54) is 4.90 Å². The van der Waals surface area contributed by atoms with Crippen LogP contribution >= 0.6 is 0 Å². The number of allylic oxidation sites excluding steroid dienone is 1. The standard InChI is InChI=1S/C20H21BN4O/c1-13-12-16-15-8-7-11-22-19(15)26-20(16)24(4)21(13)25-14(2)23(3)17-9-5-6-10-18(17)25/h5-12,14H,1-4H3/t14-/m0/s1/i3D3. The molecule has 0 radical (unpaired) electrons. The van der Waals surface area contributed by atoms with Gasteiger partial charge in [-0.25, -0.2) is 4.98 Å². The molecule has 1 atom stereocenters. The third kappa shape index (κ3) is 1.90. The molecule has 5 nitrogen and oxygen atoms in total. The van der Waals surface area contributed by atoms with Gasteiger partial charge in [-0.15, -0.1) is 0 Å². The quantitative estimate of drug-likeness (QED) is 0.622. The number of benzene rings is 1. The van der Waals surface area contributed by atoms with Crippen molar-refractivity contribution < 1.29 is 8.53 Å². The molecule has 0 spiro atoms. The molecule has 0 fully saturated rings. The van der Waals surface area contributed by atoms with E-state index in [2.05, 4.69) is 27.6 Å². The molecule has 2 aromatic heterocycles. The summed E-state index contributed by atoms with van der Waals surface area (Å²) in [5.74, 6) is 0.742. The molecule has 4 heterocycles. The second kappa shape index (κ2) is 5.30. The van der Waals surface area contributed by atoms with Crippen molar-refractivity contribution in [2.75, 3.05) is 28.5 Å². The van der Waals surface area contributed by atoms with Gasteiger partial charge in [-0.2, -0.15) is 0 Å². The van der Waals surface area contributed by atoms with Crippen molar-refractivity contribution >= 4 is 41.4 Å². The Kier molecular flexibility index (Phi) is 2.54. The molecule has 5 rings (SSSR count). The maximum absolute atomic E-state index is 8.06. The first-order chi connectivity index (χ1) is 13.8. The molecule has 26 heavy (non-hydrogen) atoms. The molecule has 0 saturated carbocycles. The first-order valence-electron chi connectivity index (χ1n) is 10.2. The lowest BCUT2D eigenvalue weighted by Crippen LogP contribution is -2.58. The summed E-state index contributed by atoms with van der Waals surface area (Å²) in [7, 11) is 1.98. The monoisotopic (exact) mass is 347 g/mol. The summed E-state index contributed by atoms with van der Waals surface area (Å²) < 4.78 is 30.3. The molecular formula is C20H21BN4O. The molecule has 0 bridgehead atoms. The predicted octanol–water partition coefficient (Wildman–Crippen LogP) is 4.01. The normalized spacial score (nSPS) is 21.3. The molecular weight excluding hydrogens is 323 g/mol. The molecule has 0 N–H and O–H groups in total. The lowest BCUT2D eigenvalue weighted by atomic mass is 9.61. The van der Waals surface area contributed by atoms with Gasteiger partial charge in [0.15, 0.2) is 5.88 Å². The molecule has 0 unspecified atom stereocenters. The number of pyridine rings is 1. The Labute approximate surface area is 157 Å². The van der Waals surface area contributed by atoms with Crippen molar-refractivity contribution in [1.29, 1.82) is 0 Å². The van der Waals surface area contributed by atoms with Gasteiger partial charge in [0.05, 0.1) is 17.5 Å². The molecule has 1 aromatic carbocycles. The van der Waals surface area contributed by atoms with E-state index in [9.17, 15) is 0 Å². The Morgan fingerprint density at radius 2 is 2.00 bits per heavy atom. The van der Waals surface area contributed by atoms with Crippen LogP contribution in [0.15, 0.2) is 52.5 Å². The predicted molar refractivity (Wildman–Crippen MR) is 109 cm³/mol. The van der Waals surface area contributed by atoms with Crippen LogP contribution < -0.4 is 14.5 Å². The highest BCUT2D eigenvalue weighted by molar-refractivity contribution is 6.76. The number of fused-ring (bicyclic) bond motifs is 4. The molecule has 3 aromatic rings. The minimum absolute atomic E-state index is 0.174. The van der Waals surface area contributed by atoms with Crippen LogP contribution in [0.5, 0.6) is 0 Å². The summed E-state index contributed by atoms with van der Waals surface area (Å²) in [4.78, 5) is 10.1. The number of para-hydroxylation sites is 2. The zero-order valence-corrected chi connectivity index (χ0v) is 15.0. The lowest BCUT2D eigenvalue weighted by Gasteiger charge is -2.39. The molecule has 2 aliphatic rings. The highest BCUT2D eigenvalue weighted by Crippen LogP contribution is 2.44. The van der Waals surface area contributed by atoms with Crippen LogP contribution in [0, 0.1) is 0 Å². The minimum atomic E-state index is -2.23. The third-order valence-corrected chi connectivity index (χ3v) is 5.41. The molecule has 0 saturated heterocycles. The third-order valence-electron chi connectivity index (χ3n) is 5.41. The van der Waals surface area contributed by atoms with Crippen molar-refractivity contribution in [3.8, 4) is 0 Å². The van der Waals surface area contributed by atoms with E-state index in [0.29, 0.717) is 5.71 Å². The van der Waals surface area contributed by atoms with E-state index in [-0.39, 0.29) is 13.1 Å². The minimum Gasteiger partial charge on any atom is -0.423 e. The van der Waals surface area contributed by atoms with Crippen LogP contribution in [0.2, 0.25) is 0 Å². The van der Waals surface area contributed by atoms with Gasteiger partial charge < -0.3 is 18.9 Å². The topological polar surface area (TPSA) is 35.8 Å². The van der Waals surface area contributed by atoms with Crippen LogP contribution in [-0.4, -0.2) is 32.2 Å². The van der Waals surface area contributed by atoms with Crippen molar-refractivity contribution in [1.82, 2.24) is 4.98 Å². The van der Waals surface area contributed by atoms with Crippen LogP contribution in [0.25, 0.3) is 17.2 Å². The summed E-state index contributed by atoms with van der Waals surface area (Å²) >= 11 is 0. The number of rotatable bonds is 1. The van der Waals surface area contributed by atoms with Gasteiger partial charge >= 0.3 is 6.98 Å². The first-order valence-corrected chi connectivity index (χ1v) is 8.74. The van der Waals surface area contributed by atoms with E-state index in [1.54, 1.807) is 6.20 Å². The summed E-state index contributed by atoms with van der Waals surface area (Å²) in [5.41, 5.74) is 4.35. The van der Waals surface area contributed by atoms with Crippen LogP contribution in [-0.2, 0) is 0 Å². The number of hydrogen-bond acceptors (Lipinski definition) is 5. The SMILES string of the molecule is [2H]C([2H])([2H])N1c2ccccc2N(B2C(C)=Cc3c(oc4ncccc34)N2C)[C@H]1C. The summed E-state index contributed by atoms with van der Waals surface area (Å²) in [6, 6.07) is 11.6. The Morgan fingerprint density at radius 3 is 2.81 bits per heavy atom. The van der Waals surface area contributed by atoms with E-state index in [4.69, 9.17) is 8.53 Å². The molecule has 0 aliphatic carbocycles. The number of furan rings is 1. The van der Waals surface area contributed by atoms with E-state index >= 15 is 0 Å². The van der Waals surface area contributed by atoms with Crippen LogP contribution in [0.4, 0.5) is 17.3 Å². The van der Waals surface area contributed by atoms with Gasteiger partial charge in [0.2, 0.25) is 5.71 Å². The molecule has 6 heteroatoms. The van der Waals surface area contributed by atoms with Crippen molar-refractivity contribution in [2.45, 2.75) is 20.0 Å². The maximum atomic E-state index is 8.06. The zero-order chi connectivity index (χ0) is 20.5. The van der Waals surface area contributed by atoms with Crippen molar-refractivity contribution in [3.05, 3.63) is 53.6 Å². The Hall–Kier alpha value is -2.89. The first kappa shape index (κ1) is 12.5. The number of nitrogens with zero attached hydrogens (tertiary/aromatic N) is 4. The summed E-state index contributed by atoms with van der Waals surface area (Å²) in [6.45, 7) is 1.60. The van der Waals surface area contributed by atoms with Gasteiger partial charge in [0.25, 0.3) is 0 Å². The molecule has 0 amide bonds.